The molecule has 0 saturated heterocycles. The van der Waals surface area contributed by atoms with E-state index >= 15 is 0 Å². The largest absolute Gasteiger partial charge is 0.459 e. The van der Waals surface area contributed by atoms with Crippen LogP contribution in [0.2, 0.25) is 0 Å². The van der Waals surface area contributed by atoms with Crippen molar-refractivity contribution in [2.24, 2.45) is 0 Å². The Bertz CT molecular complexity index is 699. The molecule has 118 valence electrons. The van der Waals surface area contributed by atoms with E-state index in [1.165, 1.54) is 10.6 Å². The van der Waals surface area contributed by atoms with Gasteiger partial charge in [0.1, 0.15) is 0 Å². The number of pyridine rings is 1. The van der Waals surface area contributed by atoms with Gasteiger partial charge in [-0.05, 0) is 29.8 Å². The number of rotatable bonds is 7. The van der Waals surface area contributed by atoms with Gasteiger partial charge in [-0.25, -0.2) is 8.42 Å². The summed E-state index contributed by atoms with van der Waals surface area (Å²) in [5, 5.41) is 2.62. The molecule has 7 nitrogen and oxygen atoms in total. The number of hydrogen-bond acceptors (Lipinski definition) is 5. The van der Waals surface area contributed by atoms with Crippen LogP contribution in [0.1, 0.15) is 16.1 Å². The highest BCUT2D eigenvalue weighted by atomic mass is 32.2. The van der Waals surface area contributed by atoms with Crippen molar-refractivity contribution in [2.45, 2.75) is 6.54 Å². The van der Waals surface area contributed by atoms with Crippen molar-refractivity contribution in [2.75, 3.05) is 19.3 Å². The first-order valence-corrected chi connectivity index (χ1v) is 8.47. The van der Waals surface area contributed by atoms with Crippen molar-refractivity contribution < 1.29 is 17.6 Å². The molecule has 0 aliphatic heterocycles. The molecule has 0 saturated carbocycles. The van der Waals surface area contributed by atoms with Crippen molar-refractivity contribution in [1.29, 1.82) is 0 Å². The Morgan fingerprint density at radius 1 is 1.32 bits per heavy atom. The van der Waals surface area contributed by atoms with E-state index in [9.17, 15) is 13.2 Å². The number of nitrogens with zero attached hydrogens (tertiary/aromatic N) is 2. The first kappa shape index (κ1) is 16.2. The van der Waals surface area contributed by atoms with Gasteiger partial charge in [0.25, 0.3) is 5.91 Å². The maximum absolute atomic E-state index is 11.8. The number of nitrogens with one attached hydrogen (secondary N) is 1. The molecular weight excluding hydrogens is 306 g/mol. The third kappa shape index (κ3) is 4.68. The van der Waals surface area contributed by atoms with Gasteiger partial charge in [-0.3, -0.25) is 9.78 Å². The second-order valence-electron chi connectivity index (χ2n) is 4.69. The molecule has 1 amide bonds. The zero-order chi connectivity index (χ0) is 16.0. The van der Waals surface area contributed by atoms with E-state index in [4.69, 9.17) is 4.42 Å². The van der Waals surface area contributed by atoms with Crippen molar-refractivity contribution in [1.82, 2.24) is 14.6 Å². The van der Waals surface area contributed by atoms with Gasteiger partial charge in [0.15, 0.2) is 5.76 Å². The Morgan fingerprint density at radius 3 is 2.64 bits per heavy atom. The van der Waals surface area contributed by atoms with Crippen LogP contribution in [0.15, 0.2) is 47.3 Å². The molecule has 0 atom stereocenters. The molecule has 22 heavy (non-hydrogen) atoms. The molecule has 0 fully saturated rings. The van der Waals surface area contributed by atoms with Crippen LogP contribution in [-0.2, 0) is 16.6 Å². The third-order valence-corrected chi connectivity index (χ3v) is 4.22. The topological polar surface area (TPSA) is 92.5 Å². The molecule has 0 aliphatic carbocycles. The van der Waals surface area contributed by atoms with Crippen LogP contribution >= 0.6 is 0 Å². The Morgan fingerprint density at radius 2 is 2.05 bits per heavy atom. The summed E-state index contributed by atoms with van der Waals surface area (Å²) in [5.41, 5.74) is 0.831. The van der Waals surface area contributed by atoms with E-state index in [0.29, 0.717) is 0 Å². The van der Waals surface area contributed by atoms with E-state index in [1.807, 2.05) is 0 Å². The van der Waals surface area contributed by atoms with Crippen LogP contribution in [0.4, 0.5) is 0 Å². The van der Waals surface area contributed by atoms with E-state index in [-0.39, 0.29) is 31.3 Å². The SMILES string of the molecule is CS(=O)(=O)N(CCNC(=O)c1ccco1)Cc1ccncc1. The Balaban J connectivity index is 1.92. The smallest absolute Gasteiger partial charge is 0.287 e. The van der Waals surface area contributed by atoms with Crippen molar-refractivity contribution in [3.63, 3.8) is 0 Å². The lowest BCUT2D eigenvalue weighted by molar-refractivity contribution is 0.0924. The minimum absolute atomic E-state index is 0.174. The quantitative estimate of drug-likeness (QED) is 0.816. The lowest BCUT2D eigenvalue weighted by atomic mass is 10.3. The molecule has 0 radical (unpaired) electrons. The second kappa shape index (κ2) is 7.19. The number of carbonyl (C=O) groups excluding carboxylic acids is 1. The first-order chi connectivity index (χ1) is 10.5. The molecule has 1 N–H and O–H groups in total. The highest BCUT2D eigenvalue weighted by molar-refractivity contribution is 7.88. The van der Waals surface area contributed by atoms with Gasteiger partial charge >= 0.3 is 0 Å². The number of aromatic nitrogens is 1. The van der Waals surface area contributed by atoms with E-state index < -0.39 is 10.0 Å². The van der Waals surface area contributed by atoms with E-state index in [2.05, 4.69) is 10.3 Å². The summed E-state index contributed by atoms with van der Waals surface area (Å²) in [6.45, 7) is 0.600. The van der Waals surface area contributed by atoms with Gasteiger partial charge < -0.3 is 9.73 Å². The number of carbonyl (C=O) groups is 1. The van der Waals surface area contributed by atoms with Crippen LogP contribution in [0.25, 0.3) is 0 Å². The maximum atomic E-state index is 11.8. The first-order valence-electron chi connectivity index (χ1n) is 6.62. The molecule has 8 heteroatoms. The van der Waals surface area contributed by atoms with E-state index in [1.54, 1.807) is 36.7 Å². The van der Waals surface area contributed by atoms with Gasteiger partial charge in [0.05, 0.1) is 12.5 Å². The number of amides is 1. The van der Waals surface area contributed by atoms with Gasteiger partial charge in [-0.15, -0.1) is 0 Å². The normalized spacial score (nSPS) is 11.5. The van der Waals surface area contributed by atoms with Crippen LogP contribution in [0.3, 0.4) is 0 Å². The second-order valence-corrected chi connectivity index (χ2v) is 6.67. The van der Waals surface area contributed by atoms with Crippen LogP contribution in [0.5, 0.6) is 0 Å². The Hall–Kier alpha value is -2.19. The van der Waals surface area contributed by atoms with E-state index in [0.717, 1.165) is 11.8 Å². The number of hydrogen-bond donors (Lipinski definition) is 1. The molecular formula is C14H17N3O4S. The van der Waals surface area contributed by atoms with Crippen molar-refractivity contribution >= 4 is 15.9 Å². The molecule has 0 bridgehead atoms. The molecule has 2 aromatic heterocycles. The van der Waals surface area contributed by atoms with Crippen LogP contribution in [-0.4, -0.2) is 43.0 Å². The lowest BCUT2D eigenvalue weighted by Crippen LogP contribution is -2.37. The van der Waals surface area contributed by atoms with Gasteiger partial charge in [-0.2, -0.15) is 4.31 Å². The molecule has 0 spiro atoms. The van der Waals surface area contributed by atoms with Crippen LogP contribution in [0, 0.1) is 0 Å². The zero-order valence-corrected chi connectivity index (χ0v) is 12.9. The fourth-order valence-corrected chi connectivity index (χ4v) is 2.65. The predicted octanol–water partition coefficient (Wildman–Crippen LogP) is 0.866. The molecule has 2 heterocycles. The van der Waals surface area contributed by atoms with Gasteiger partial charge in [0.2, 0.25) is 10.0 Å². The average molecular weight is 323 g/mol. The minimum Gasteiger partial charge on any atom is -0.459 e. The van der Waals surface area contributed by atoms with Crippen molar-refractivity contribution in [3.05, 3.63) is 54.2 Å². The number of furan rings is 1. The summed E-state index contributed by atoms with van der Waals surface area (Å²) in [7, 11) is -3.38. The fraction of sp³-hybridized carbons (Fsp3) is 0.286. The molecule has 0 unspecified atom stereocenters. The molecule has 0 aromatic carbocycles. The molecule has 0 aliphatic rings. The Kier molecular flexibility index (Phi) is 5.29. The molecule has 2 rings (SSSR count). The monoisotopic (exact) mass is 323 g/mol. The standard InChI is InChI=1S/C14H17N3O4S/c1-22(19,20)17(11-12-4-6-15-7-5-12)9-8-16-14(18)13-3-2-10-21-13/h2-7,10H,8-9,11H2,1H3,(H,16,18). The summed E-state index contributed by atoms with van der Waals surface area (Å²) in [4.78, 5) is 15.6. The molecule has 2 aromatic rings. The van der Waals surface area contributed by atoms with Crippen LogP contribution < -0.4 is 5.32 Å². The fourth-order valence-electron chi connectivity index (χ4n) is 1.84. The summed E-state index contributed by atoms with van der Waals surface area (Å²) >= 11 is 0. The summed E-state index contributed by atoms with van der Waals surface area (Å²) < 4.78 is 29.9. The summed E-state index contributed by atoms with van der Waals surface area (Å²) in [6, 6.07) is 6.65. The predicted molar refractivity (Wildman–Crippen MR) is 80.5 cm³/mol. The maximum Gasteiger partial charge on any atom is 0.287 e. The highest BCUT2D eigenvalue weighted by Crippen LogP contribution is 2.07. The summed E-state index contributed by atoms with van der Waals surface area (Å²) in [6.07, 6.45) is 5.76. The van der Waals surface area contributed by atoms with Crippen molar-refractivity contribution in [3.8, 4) is 0 Å². The lowest BCUT2D eigenvalue weighted by Gasteiger charge is -2.20. The van der Waals surface area contributed by atoms with Gasteiger partial charge in [0, 0.05) is 32.0 Å². The zero-order valence-electron chi connectivity index (χ0n) is 12.1. The third-order valence-electron chi connectivity index (χ3n) is 2.97. The minimum atomic E-state index is -3.38. The number of sulfonamides is 1. The Labute approximate surface area is 129 Å². The summed E-state index contributed by atoms with van der Waals surface area (Å²) in [5.74, 6) is -0.178. The average Bonchev–Trinajstić information content (AvgIpc) is 3.00. The highest BCUT2D eigenvalue weighted by Gasteiger charge is 2.17. The van der Waals surface area contributed by atoms with Gasteiger partial charge in [-0.1, -0.05) is 0 Å².